The van der Waals surface area contributed by atoms with Gasteiger partial charge in [0.2, 0.25) is 10.0 Å². The van der Waals surface area contributed by atoms with Crippen LogP contribution in [-0.2, 0) is 21.3 Å². The number of halogens is 1. The SMILES string of the molecule is CCNC(=NCc1cccc(S(=O)(=O)N2CCCCC2)c1)NCCCCOCC.I. The fourth-order valence-electron chi connectivity index (χ4n) is 3.25. The van der Waals surface area contributed by atoms with Crippen molar-refractivity contribution >= 4 is 40.0 Å². The summed E-state index contributed by atoms with van der Waals surface area (Å²) in [6.45, 7) is 8.81. The quantitative estimate of drug-likeness (QED) is 0.191. The molecule has 9 heteroatoms. The standard InChI is InChI=1S/C21H36N4O3S.HI/c1-3-22-21(23-13-6-9-16-28-4-2)24-18-19-11-10-12-20(17-19)29(26,27)25-14-7-5-8-15-25;/h10-12,17H,3-9,13-16,18H2,1-2H3,(H2,22,23,24);1H. The minimum absolute atomic E-state index is 0. The molecule has 1 aliphatic rings. The topological polar surface area (TPSA) is 83.0 Å². The van der Waals surface area contributed by atoms with E-state index in [4.69, 9.17) is 4.74 Å². The van der Waals surface area contributed by atoms with E-state index in [1.165, 1.54) is 0 Å². The summed E-state index contributed by atoms with van der Waals surface area (Å²) < 4.78 is 32.7. The number of aliphatic imine (C=N–C) groups is 1. The van der Waals surface area contributed by atoms with Crippen LogP contribution in [0.15, 0.2) is 34.2 Å². The van der Waals surface area contributed by atoms with Crippen LogP contribution in [0.2, 0.25) is 0 Å². The molecule has 172 valence electrons. The maximum atomic E-state index is 12.9. The van der Waals surface area contributed by atoms with E-state index in [2.05, 4.69) is 15.6 Å². The van der Waals surface area contributed by atoms with Gasteiger partial charge in [-0.1, -0.05) is 18.6 Å². The van der Waals surface area contributed by atoms with Crippen LogP contribution in [0.4, 0.5) is 0 Å². The number of guanidine groups is 1. The van der Waals surface area contributed by atoms with Crippen molar-refractivity contribution in [2.45, 2.75) is 57.4 Å². The maximum Gasteiger partial charge on any atom is 0.243 e. The highest BCUT2D eigenvalue weighted by atomic mass is 127. The first-order valence-electron chi connectivity index (χ1n) is 10.8. The Labute approximate surface area is 199 Å². The van der Waals surface area contributed by atoms with E-state index >= 15 is 0 Å². The van der Waals surface area contributed by atoms with Crippen molar-refractivity contribution in [3.63, 3.8) is 0 Å². The zero-order valence-electron chi connectivity index (χ0n) is 18.2. The van der Waals surface area contributed by atoms with Gasteiger partial charge in [-0.3, -0.25) is 0 Å². The van der Waals surface area contributed by atoms with Gasteiger partial charge in [0.1, 0.15) is 0 Å². The van der Waals surface area contributed by atoms with Gasteiger partial charge in [-0.05, 0) is 57.2 Å². The third-order valence-electron chi connectivity index (χ3n) is 4.83. The Morgan fingerprint density at radius 2 is 1.90 bits per heavy atom. The lowest BCUT2D eigenvalue weighted by Gasteiger charge is -2.26. The zero-order chi connectivity index (χ0) is 21.0. The molecular formula is C21H37IN4O3S. The number of hydrogen-bond donors (Lipinski definition) is 2. The number of piperidine rings is 1. The Morgan fingerprint density at radius 1 is 1.13 bits per heavy atom. The number of hydrogen-bond acceptors (Lipinski definition) is 4. The smallest absolute Gasteiger partial charge is 0.243 e. The lowest BCUT2D eigenvalue weighted by atomic mass is 10.2. The molecule has 1 aromatic rings. The number of unbranched alkanes of at least 4 members (excludes halogenated alkanes) is 1. The lowest BCUT2D eigenvalue weighted by Crippen LogP contribution is -2.37. The van der Waals surface area contributed by atoms with Gasteiger partial charge in [0, 0.05) is 39.4 Å². The second-order valence-electron chi connectivity index (χ2n) is 7.14. The lowest BCUT2D eigenvalue weighted by molar-refractivity contribution is 0.143. The molecule has 0 bridgehead atoms. The normalized spacial score (nSPS) is 15.5. The van der Waals surface area contributed by atoms with Crippen LogP contribution in [0.1, 0.15) is 51.5 Å². The minimum atomic E-state index is -3.42. The van der Waals surface area contributed by atoms with Gasteiger partial charge >= 0.3 is 0 Å². The molecular weight excluding hydrogens is 515 g/mol. The van der Waals surface area contributed by atoms with Crippen molar-refractivity contribution in [2.75, 3.05) is 39.4 Å². The molecule has 2 N–H and O–H groups in total. The fraction of sp³-hybridized carbons (Fsp3) is 0.667. The largest absolute Gasteiger partial charge is 0.382 e. The number of rotatable bonds is 11. The summed E-state index contributed by atoms with van der Waals surface area (Å²) in [6, 6.07) is 7.15. The molecule has 1 heterocycles. The minimum Gasteiger partial charge on any atom is -0.382 e. The predicted molar refractivity (Wildman–Crippen MR) is 133 cm³/mol. The summed E-state index contributed by atoms with van der Waals surface area (Å²) in [5.74, 6) is 0.744. The monoisotopic (exact) mass is 552 g/mol. The molecule has 1 aliphatic heterocycles. The third-order valence-corrected chi connectivity index (χ3v) is 6.72. The average Bonchev–Trinajstić information content (AvgIpc) is 2.75. The summed E-state index contributed by atoms with van der Waals surface area (Å²) in [5.41, 5.74) is 0.886. The van der Waals surface area contributed by atoms with Crippen molar-refractivity contribution in [1.29, 1.82) is 0 Å². The molecule has 2 rings (SSSR count). The van der Waals surface area contributed by atoms with E-state index in [0.29, 0.717) is 24.5 Å². The Hall–Kier alpha value is -0.910. The molecule has 7 nitrogen and oxygen atoms in total. The Kier molecular flexibility index (Phi) is 13.5. The molecule has 0 saturated carbocycles. The third kappa shape index (κ3) is 9.07. The van der Waals surface area contributed by atoms with E-state index in [-0.39, 0.29) is 24.0 Å². The molecule has 0 spiro atoms. The van der Waals surface area contributed by atoms with E-state index in [1.807, 2.05) is 19.9 Å². The number of nitrogens with zero attached hydrogens (tertiary/aromatic N) is 2. The predicted octanol–water partition coefficient (Wildman–Crippen LogP) is 3.35. The Bertz CT molecular complexity index is 738. The Morgan fingerprint density at radius 3 is 2.60 bits per heavy atom. The zero-order valence-corrected chi connectivity index (χ0v) is 21.4. The fourth-order valence-corrected chi connectivity index (χ4v) is 4.84. The first-order chi connectivity index (χ1) is 14.1. The number of benzene rings is 1. The number of ether oxygens (including phenoxy) is 1. The molecule has 1 fully saturated rings. The highest BCUT2D eigenvalue weighted by molar-refractivity contribution is 14.0. The molecule has 0 aliphatic carbocycles. The molecule has 0 radical (unpaired) electrons. The van der Waals surface area contributed by atoms with E-state index < -0.39 is 10.0 Å². The maximum absolute atomic E-state index is 12.9. The van der Waals surface area contributed by atoms with Crippen molar-refractivity contribution in [3.05, 3.63) is 29.8 Å². The van der Waals surface area contributed by atoms with Gasteiger partial charge in [-0.2, -0.15) is 4.31 Å². The van der Waals surface area contributed by atoms with Crippen molar-refractivity contribution in [2.24, 2.45) is 4.99 Å². The van der Waals surface area contributed by atoms with Crippen molar-refractivity contribution in [3.8, 4) is 0 Å². The van der Waals surface area contributed by atoms with Crippen LogP contribution in [-0.4, -0.2) is 58.1 Å². The summed E-state index contributed by atoms with van der Waals surface area (Å²) in [6.07, 6.45) is 4.99. The first kappa shape index (κ1) is 27.1. The summed E-state index contributed by atoms with van der Waals surface area (Å²) in [7, 11) is -3.42. The van der Waals surface area contributed by atoms with Gasteiger partial charge in [0.05, 0.1) is 11.4 Å². The highest BCUT2D eigenvalue weighted by Gasteiger charge is 2.25. The molecule has 1 saturated heterocycles. The van der Waals surface area contributed by atoms with E-state index in [1.54, 1.807) is 22.5 Å². The van der Waals surface area contributed by atoms with Crippen molar-refractivity contribution < 1.29 is 13.2 Å². The van der Waals surface area contributed by atoms with E-state index in [0.717, 1.165) is 69.9 Å². The first-order valence-corrected chi connectivity index (χ1v) is 12.2. The van der Waals surface area contributed by atoms with Gasteiger partial charge in [0.25, 0.3) is 0 Å². The molecule has 0 unspecified atom stereocenters. The van der Waals surface area contributed by atoms with E-state index in [9.17, 15) is 8.42 Å². The molecule has 0 aromatic heterocycles. The van der Waals surface area contributed by atoms with Crippen LogP contribution < -0.4 is 10.6 Å². The van der Waals surface area contributed by atoms with Crippen LogP contribution in [0.5, 0.6) is 0 Å². The number of nitrogens with one attached hydrogen (secondary N) is 2. The summed E-state index contributed by atoms with van der Waals surface area (Å²) in [5, 5.41) is 6.55. The van der Waals surface area contributed by atoms with Gasteiger partial charge < -0.3 is 15.4 Å². The Balaban J connectivity index is 0.00000450. The second-order valence-corrected chi connectivity index (χ2v) is 9.08. The van der Waals surface area contributed by atoms with Crippen LogP contribution in [0.3, 0.4) is 0 Å². The van der Waals surface area contributed by atoms with Gasteiger partial charge in [0.15, 0.2) is 5.96 Å². The second kappa shape index (κ2) is 15.0. The van der Waals surface area contributed by atoms with Crippen LogP contribution in [0, 0.1) is 0 Å². The van der Waals surface area contributed by atoms with Gasteiger partial charge in [-0.15, -0.1) is 24.0 Å². The van der Waals surface area contributed by atoms with Crippen molar-refractivity contribution in [1.82, 2.24) is 14.9 Å². The average molecular weight is 553 g/mol. The molecule has 1 aromatic carbocycles. The number of sulfonamides is 1. The van der Waals surface area contributed by atoms with Crippen LogP contribution >= 0.6 is 24.0 Å². The highest BCUT2D eigenvalue weighted by Crippen LogP contribution is 2.21. The van der Waals surface area contributed by atoms with Gasteiger partial charge in [-0.25, -0.2) is 13.4 Å². The molecule has 0 amide bonds. The molecule has 0 atom stereocenters. The summed E-state index contributed by atoms with van der Waals surface area (Å²) >= 11 is 0. The summed E-state index contributed by atoms with van der Waals surface area (Å²) in [4.78, 5) is 4.97. The molecule has 30 heavy (non-hydrogen) atoms. The van der Waals surface area contributed by atoms with Crippen LogP contribution in [0.25, 0.3) is 0 Å².